The molecule has 0 spiro atoms. The van der Waals surface area contributed by atoms with E-state index >= 15 is 0 Å². The molecule has 1 amide bonds. The number of aromatic nitrogens is 3. The largest absolute Gasteiger partial charge is 0.495 e. The number of amides is 1. The van der Waals surface area contributed by atoms with Gasteiger partial charge in [-0.3, -0.25) is 4.79 Å². The number of anilines is 1. The first-order valence-corrected chi connectivity index (χ1v) is 9.99. The molecule has 5 rings (SSSR count). The molecule has 0 aliphatic rings. The summed E-state index contributed by atoms with van der Waals surface area (Å²) in [7, 11) is 3.04. The zero-order valence-corrected chi connectivity index (χ0v) is 17.7. The van der Waals surface area contributed by atoms with Gasteiger partial charge in [-0.15, -0.1) is 5.10 Å². The van der Waals surface area contributed by atoms with Gasteiger partial charge in [0.05, 0.1) is 31.8 Å². The Morgan fingerprint density at radius 2 is 1.88 bits per heavy atom. The lowest BCUT2D eigenvalue weighted by Gasteiger charge is -2.11. The number of rotatable bonds is 5. The molecule has 9 heteroatoms. The van der Waals surface area contributed by atoms with E-state index in [-0.39, 0.29) is 5.56 Å². The van der Waals surface area contributed by atoms with Gasteiger partial charge in [0.2, 0.25) is 5.88 Å². The minimum absolute atomic E-state index is 0.106. The Bertz CT molecular complexity index is 1570. The minimum Gasteiger partial charge on any atom is -0.495 e. The molecule has 5 aromatic rings. The van der Waals surface area contributed by atoms with Crippen LogP contribution in [0.4, 0.5) is 5.69 Å². The Hall–Kier alpha value is -4.66. The molecule has 0 unspecified atom stereocenters. The van der Waals surface area contributed by atoms with Gasteiger partial charge in [-0.05, 0) is 36.4 Å². The van der Waals surface area contributed by atoms with Gasteiger partial charge in [-0.25, -0.2) is 14.3 Å². The van der Waals surface area contributed by atoms with Crippen molar-refractivity contribution in [2.24, 2.45) is 0 Å². The number of carbonyl (C=O) groups is 1. The van der Waals surface area contributed by atoms with Crippen molar-refractivity contribution in [2.45, 2.75) is 0 Å². The van der Waals surface area contributed by atoms with Crippen LogP contribution < -0.4 is 20.4 Å². The van der Waals surface area contributed by atoms with Crippen LogP contribution in [-0.2, 0) is 0 Å². The van der Waals surface area contributed by atoms with E-state index in [0.29, 0.717) is 39.6 Å². The zero-order chi connectivity index (χ0) is 22.9. The number of hydrogen-bond acceptors (Lipinski definition) is 7. The number of benzene rings is 2. The topological polar surface area (TPSA) is 108 Å². The molecule has 9 nitrogen and oxygen atoms in total. The second-order valence-electron chi connectivity index (χ2n) is 7.16. The highest BCUT2D eigenvalue weighted by molar-refractivity contribution is 6.06. The van der Waals surface area contributed by atoms with Crippen molar-refractivity contribution in [3.8, 4) is 22.9 Å². The SMILES string of the molecule is COc1ccc2nc(-c3ccc(OC)c(NC(=O)c4cc5ccccc5oc4=O)c3)cn2n1. The number of hydrogen-bond donors (Lipinski definition) is 1. The Morgan fingerprint density at radius 3 is 2.70 bits per heavy atom. The smallest absolute Gasteiger partial charge is 0.349 e. The van der Waals surface area contributed by atoms with Gasteiger partial charge in [0.15, 0.2) is 5.65 Å². The Balaban J connectivity index is 1.51. The van der Waals surface area contributed by atoms with E-state index in [9.17, 15) is 9.59 Å². The monoisotopic (exact) mass is 442 g/mol. The van der Waals surface area contributed by atoms with Crippen LogP contribution in [0.25, 0.3) is 27.9 Å². The van der Waals surface area contributed by atoms with E-state index in [4.69, 9.17) is 13.9 Å². The van der Waals surface area contributed by atoms with Crippen LogP contribution in [0.1, 0.15) is 10.4 Å². The van der Waals surface area contributed by atoms with Gasteiger partial charge in [0.25, 0.3) is 5.91 Å². The van der Waals surface area contributed by atoms with Crippen LogP contribution >= 0.6 is 0 Å². The number of para-hydroxylation sites is 1. The molecular formula is C24H18N4O5. The third-order valence-corrected chi connectivity index (χ3v) is 5.13. The molecule has 0 aliphatic heterocycles. The van der Waals surface area contributed by atoms with Crippen LogP contribution in [0.15, 0.2) is 76.1 Å². The lowest BCUT2D eigenvalue weighted by Crippen LogP contribution is -2.21. The maximum atomic E-state index is 12.9. The summed E-state index contributed by atoms with van der Waals surface area (Å²) < 4.78 is 17.4. The fraction of sp³-hybridized carbons (Fsp3) is 0.0833. The molecule has 2 aromatic carbocycles. The van der Waals surface area contributed by atoms with E-state index in [1.165, 1.54) is 13.2 Å². The van der Waals surface area contributed by atoms with Crippen molar-refractivity contribution < 1.29 is 18.7 Å². The molecule has 1 N–H and O–H groups in total. The molecule has 0 bridgehead atoms. The lowest BCUT2D eigenvalue weighted by molar-refractivity contribution is 0.102. The average molecular weight is 442 g/mol. The van der Waals surface area contributed by atoms with Crippen LogP contribution in [0.3, 0.4) is 0 Å². The van der Waals surface area contributed by atoms with Crippen molar-refractivity contribution in [2.75, 3.05) is 19.5 Å². The quantitative estimate of drug-likeness (QED) is 0.413. The third-order valence-electron chi connectivity index (χ3n) is 5.13. The molecule has 3 aromatic heterocycles. The number of fused-ring (bicyclic) bond motifs is 2. The average Bonchev–Trinajstić information content (AvgIpc) is 3.26. The summed E-state index contributed by atoms with van der Waals surface area (Å²) in [6.07, 6.45) is 1.75. The second-order valence-corrected chi connectivity index (χ2v) is 7.16. The fourth-order valence-corrected chi connectivity index (χ4v) is 3.49. The van der Waals surface area contributed by atoms with Gasteiger partial charge in [-0.2, -0.15) is 0 Å². The summed E-state index contributed by atoms with van der Waals surface area (Å²) in [5.74, 6) is 0.288. The molecule has 0 saturated heterocycles. The van der Waals surface area contributed by atoms with Crippen LogP contribution in [0, 0.1) is 0 Å². The molecule has 0 atom stereocenters. The maximum absolute atomic E-state index is 12.9. The molecular weight excluding hydrogens is 424 g/mol. The number of imidazole rings is 1. The van der Waals surface area contributed by atoms with Gasteiger partial charge in [0, 0.05) is 17.0 Å². The second kappa shape index (κ2) is 8.12. The highest BCUT2D eigenvalue weighted by Crippen LogP contribution is 2.31. The Labute approximate surface area is 187 Å². The highest BCUT2D eigenvalue weighted by Gasteiger charge is 2.17. The van der Waals surface area contributed by atoms with E-state index in [2.05, 4.69) is 15.4 Å². The molecule has 0 saturated carbocycles. The molecule has 0 fully saturated rings. The van der Waals surface area contributed by atoms with E-state index in [1.807, 2.05) is 6.07 Å². The Morgan fingerprint density at radius 1 is 1.03 bits per heavy atom. The highest BCUT2D eigenvalue weighted by atomic mass is 16.5. The minimum atomic E-state index is -0.721. The third kappa shape index (κ3) is 3.76. The number of nitrogens with zero attached hydrogens (tertiary/aromatic N) is 3. The number of ether oxygens (including phenoxy) is 2. The summed E-state index contributed by atoms with van der Waals surface area (Å²) in [5.41, 5.74) is 1.97. The zero-order valence-electron chi connectivity index (χ0n) is 17.7. The number of carbonyl (C=O) groups excluding carboxylic acids is 1. The van der Waals surface area contributed by atoms with Gasteiger partial charge in [0.1, 0.15) is 16.9 Å². The van der Waals surface area contributed by atoms with E-state index in [0.717, 1.165) is 5.56 Å². The lowest BCUT2D eigenvalue weighted by atomic mass is 10.1. The van der Waals surface area contributed by atoms with E-state index in [1.54, 1.807) is 66.4 Å². The van der Waals surface area contributed by atoms with Crippen LogP contribution in [0.2, 0.25) is 0 Å². The first-order chi connectivity index (χ1) is 16.1. The van der Waals surface area contributed by atoms with Crippen molar-refractivity contribution in [3.05, 3.63) is 82.8 Å². The normalized spacial score (nSPS) is 11.0. The van der Waals surface area contributed by atoms with Gasteiger partial charge < -0.3 is 19.2 Å². The first-order valence-electron chi connectivity index (χ1n) is 9.99. The van der Waals surface area contributed by atoms with Gasteiger partial charge in [-0.1, -0.05) is 18.2 Å². The van der Waals surface area contributed by atoms with Crippen molar-refractivity contribution in [3.63, 3.8) is 0 Å². The van der Waals surface area contributed by atoms with E-state index < -0.39 is 11.5 Å². The first kappa shape index (κ1) is 20.3. The fourth-order valence-electron chi connectivity index (χ4n) is 3.49. The maximum Gasteiger partial charge on any atom is 0.349 e. The number of nitrogens with one attached hydrogen (secondary N) is 1. The molecule has 164 valence electrons. The Kier molecular flexibility index (Phi) is 4.98. The van der Waals surface area contributed by atoms with Crippen LogP contribution in [0.5, 0.6) is 11.6 Å². The van der Waals surface area contributed by atoms with Crippen molar-refractivity contribution >= 4 is 28.2 Å². The summed E-state index contributed by atoms with van der Waals surface area (Å²) in [6, 6.07) is 17.3. The predicted molar refractivity (Wildman–Crippen MR) is 122 cm³/mol. The molecule has 0 radical (unpaired) electrons. The summed E-state index contributed by atoms with van der Waals surface area (Å²) in [4.78, 5) is 29.9. The summed E-state index contributed by atoms with van der Waals surface area (Å²) in [5, 5.41) is 7.71. The molecule has 33 heavy (non-hydrogen) atoms. The summed E-state index contributed by atoms with van der Waals surface area (Å²) >= 11 is 0. The standard InChI is InChI=1S/C24H18N4O5/c1-31-20-8-7-14(18-13-28-21(25-18)9-10-22(27-28)32-2)12-17(20)26-23(29)16-11-15-5-3-4-6-19(15)33-24(16)30/h3-13H,1-2H3,(H,26,29). The van der Waals surface area contributed by atoms with Crippen LogP contribution in [-0.4, -0.2) is 34.7 Å². The molecule has 3 heterocycles. The predicted octanol–water partition coefficient (Wildman–Crippen LogP) is 3.77. The number of methoxy groups -OCH3 is 2. The summed E-state index contributed by atoms with van der Waals surface area (Å²) in [6.45, 7) is 0. The van der Waals surface area contributed by atoms with Crippen molar-refractivity contribution in [1.29, 1.82) is 0 Å². The van der Waals surface area contributed by atoms with Crippen molar-refractivity contribution in [1.82, 2.24) is 14.6 Å². The molecule has 0 aliphatic carbocycles. The van der Waals surface area contributed by atoms with Gasteiger partial charge >= 0.3 is 5.63 Å².